The molecule has 0 aliphatic heterocycles. The van der Waals surface area contributed by atoms with E-state index in [9.17, 15) is 9.59 Å². The zero-order chi connectivity index (χ0) is 19.6. The van der Waals surface area contributed by atoms with Gasteiger partial charge in [-0.15, -0.1) is 0 Å². The summed E-state index contributed by atoms with van der Waals surface area (Å²) in [5.74, 6) is 0.714. The quantitative estimate of drug-likeness (QED) is 0.634. The van der Waals surface area contributed by atoms with Crippen molar-refractivity contribution in [2.75, 3.05) is 27.9 Å². The second kappa shape index (κ2) is 10.2. The first-order chi connectivity index (χ1) is 13.1. The normalized spacial score (nSPS) is 10.2. The summed E-state index contributed by atoms with van der Waals surface area (Å²) in [5, 5.41) is 0. The Morgan fingerprint density at radius 1 is 0.889 bits per heavy atom. The molecule has 0 heterocycles. The fourth-order valence-corrected chi connectivity index (χ4v) is 2.70. The molecule has 2 rings (SSSR count). The first-order valence-corrected chi connectivity index (χ1v) is 8.66. The second-order valence-corrected chi connectivity index (χ2v) is 6.00. The lowest BCUT2D eigenvalue weighted by Gasteiger charge is -2.22. The Labute approximate surface area is 159 Å². The Bertz CT molecular complexity index is 760. The zero-order valence-electron chi connectivity index (χ0n) is 15.9. The minimum absolute atomic E-state index is 0.0733. The van der Waals surface area contributed by atoms with E-state index in [0.717, 1.165) is 11.1 Å². The molecule has 6 nitrogen and oxygen atoms in total. The largest absolute Gasteiger partial charge is 0.493 e. The molecule has 0 unspecified atom stereocenters. The Morgan fingerprint density at radius 3 is 2.22 bits per heavy atom. The Kier molecular flexibility index (Phi) is 7.67. The number of carbonyl (C=O) groups excluding carboxylic acids is 2. The van der Waals surface area contributed by atoms with Crippen molar-refractivity contribution in [1.82, 2.24) is 4.90 Å². The lowest BCUT2D eigenvalue weighted by Crippen LogP contribution is -2.35. The highest BCUT2D eigenvalue weighted by Crippen LogP contribution is 2.28. The van der Waals surface area contributed by atoms with Crippen LogP contribution < -0.4 is 9.47 Å². The summed E-state index contributed by atoms with van der Waals surface area (Å²) in [4.78, 5) is 25.9. The van der Waals surface area contributed by atoms with E-state index >= 15 is 0 Å². The maximum atomic E-state index is 12.7. The lowest BCUT2D eigenvalue weighted by atomic mass is 10.1. The van der Waals surface area contributed by atoms with E-state index in [4.69, 9.17) is 14.2 Å². The second-order valence-electron chi connectivity index (χ2n) is 6.00. The molecule has 1 amide bonds. The third kappa shape index (κ3) is 6.02. The van der Waals surface area contributed by atoms with Gasteiger partial charge in [0.1, 0.15) is 6.54 Å². The van der Waals surface area contributed by atoms with Crippen molar-refractivity contribution in [2.24, 2.45) is 0 Å². The van der Waals surface area contributed by atoms with E-state index in [1.54, 1.807) is 14.2 Å². The molecule has 2 aromatic carbocycles. The molecule has 0 spiro atoms. The van der Waals surface area contributed by atoms with Gasteiger partial charge in [0.25, 0.3) is 0 Å². The van der Waals surface area contributed by atoms with Crippen molar-refractivity contribution in [3.63, 3.8) is 0 Å². The van der Waals surface area contributed by atoms with Gasteiger partial charge in [0, 0.05) is 13.0 Å². The van der Waals surface area contributed by atoms with Crippen LogP contribution in [0.3, 0.4) is 0 Å². The summed E-state index contributed by atoms with van der Waals surface area (Å²) >= 11 is 0. The molecule has 0 saturated heterocycles. The van der Waals surface area contributed by atoms with Crippen LogP contribution >= 0.6 is 0 Å². The van der Waals surface area contributed by atoms with Crippen LogP contribution in [0.15, 0.2) is 48.5 Å². The number of hydrogen-bond acceptors (Lipinski definition) is 5. The van der Waals surface area contributed by atoms with Crippen LogP contribution in [0.2, 0.25) is 0 Å². The van der Waals surface area contributed by atoms with Gasteiger partial charge in [0.05, 0.1) is 21.3 Å². The van der Waals surface area contributed by atoms with E-state index in [1.807, 2.05) is 48.5 Å². The summed E-state index contributed by atoms with van der Waals surface area (Å²) < 4.78 is 15.2. The summed E-state index contributed by atoms with van der Waals surface area (Å²) in [5.41, 5.74) is 1.92. The van der Waals surface area contributed by atoms with Crippen LogP contribution in [0.4, 0.5) is 0 Å². The molecule has 0 bridgehead atoms. The summed E-state index contributed by atoms with van der Waals surface area (Å²) in [7, 11) is 4.47. The highest BCUT2D eigenvalue weighted by atomic mass is 16.5. The molecule has 144 valence electrons. The highest BCUT2D eigenvalue weighted by molar-refractivity contribution is 5.82. The number of nitrogens with zero attached hydrogens (tertiary/aromatic N) is 1. The zero-order valence-corrected chi connectivity index (χ0v) is 15.9. The predicted molar refractivity (Wildman–Crippen MR) is 102 cm³/mol. The van der Waals surface area contributed by atoms with Crippen LogP contribution in [0, 0.1) is 0 Å². The summed E-state index contributed by atoms with van der Waals surface area (Å²) in [6.07, 6.45) is 0.810. The molecular formula is C21H25NO5. The average Bonchev–Trinajstić information content (AvgIpc) is 2.71. The van der Waals surface area contributed by atoms with E-state index in [1.165, 1.54) is 12.0 Å². The molecule has 2 aromatic rings. The SMILES string of the molecule is COC(=O)CN(Cc1ccccc1)C(=O)CCc1ccc(OC)c(OC)c1. The van der Waals surface area contributed by atoms with Crippen molar-refractivity contribution in [1.29, 1.82) is 0 Å². The molecule has 0 aliphatic rings. The Hall–Kier alpha value is -3.02. The number of benzene rings is 2. The van der Waals surface area contributed by atoms with Crippen LogP contribution in [0.5, 0.6) is 11.5 Å². The number of methoxy groups -OCH3 is 3. The smallest absolute Gasteiger partial charge is 0.325 e. The van der Waals surface area contributed by atoms with Gasteiger partial charge in [-0.3, -0.25) is 9.59 Å². The number of rotatable bonds is 9. The van der Waals surface area contributed by atoms with Crippen molar-refractivity contribution in [3.05, 3.63) is 59.7 Å². The van der Waals surface area contributed by atoms with Crippen molar-refractivity contribution >= 4 is 11.9 Å². The first kappa shape index (κ1) is 20.3. The van der Waals surface area contributed by atoms with E-state index in [-0.39, 0.29) is 18.9 Å². The van der Waals surface area contributed by atoms with Gasteiger partial charge in [0.15, 0.2) is 11.5 Å². The molecular weight excluding hydrogens is 346 g/mol. The number of amides is 1. The molecule has 0 radical (unpaired) electrons. The van der Waals surface area contributed by atoms with Gasteiger partial charge in [-0.1, -0.05) is 36.4 Å². The van der Waals surface area contributed by atoms with Crippen LogP contribution in [0.25, 0.3) is 0 Å². The van der Waals surface area contributed by atoms with Gasteiger partial charge in [-0.25, -0.2) is 0 Å². The molecule has 0 N–H and O–H groups in total. The maximum absolute atomic E-state index is 12.7. The fraction of sp³-hybridized carbons (Fsp3) is 0.333. The van der Waals surface area contributed by atoms with Crippen molar-refractivity contribution in [3.8, 4) is 11.5 Å². The standard InChI is InChI=1S/C21H25NO5/c1-25-18-11-9-16(13-19(18)26-2)10-12-20(23)22(15-21(24)27-3)14-17-7-5-4-6-8-17/h4-9,11,13H,10,12,14-15H2,1-3H3. The van der Waals surface area contributed by atoms with Crippen molar-refractivity contribution in [2.45, 2.75) is 19.4 Å². The Balaban J connectivity index is 2.05. The highest BCUT2D eigenvalue weighted by Gasteiger charge is 2.18. The van der Waals surface area contributed by atoms with Gasteiger partial charge in [0.2, 0.25) is 5.91 Å². The first-order valence-electron chi connectivity index (χ1n) is 8.66. The van der Waals surface area contributed by atoms with Gasteiger partial charge < -0.3 is 19.1 Å². The number of aryl methyl sites for hydroxylation is 1. The van der Waals surface area contributed by atoms with Gasteiger partial charge >= 0.3 is 5.97 Å². The van der Waals surface area contributed by atoms with Crippen LogP contribution in [-0.4, -0.2) is 44.7 Å². The van der Waals surface area contributed by atoms with Crippen LogP contribution in [-0.2, 0) is 27.3 Å². The number of hydrogen-bond donors (Lipinski definition) is 0. The molecule has 27 heavy (non-hydrogen) atoms. The average molecular weight is 371 g/mol. The van der Waals surface area contributed by atoms with E-state index < -0.39 is 5.97 Å². The van der Waals surface area contributed by atoms with Crippen molar-refractivity contribution < 1.29 is 23.8 Å². The molecule has 0 atom stereocenters. The van der Waals surface area contributed by atoms with Crippen LogP contribution in [0.1, 0.15) is 17.5 Å². The number of esters is 1. The molecule has 6 heteroatoms. The monoisotopic (exact) mass is 371 g/mol. The molecule has 0 aromatic heterocycles. The summed E-state index contributed by atoms with van der Waals surface area (Å²) in [6, 6.07) is 15.1. The molecule has 0 aliphatic carbocycles. The third-order valence-corrected chi connectivity index (χ3v) is 4.19. The Morgan fingerprint density at radius 2 is 1.59 bits per heavy atom. The fourth-order valence-electron chi connectivity index (χ4n) is 2.70. The number of carbonyl (C=O) groups is 2. The predicted octanol–water partition coefficient (Wildman–Crippen LogP) is 2.84. The minimum atomic E-state index is -0.439. The third-order valence-electron chi connectivity index (χ3n) is 4.19. The molecule has 0 saturated carbocycles. The minimum Gasteiger partial charge on any atom is -0.493 e. The molecule has 0 fully saturated rings. The van der Waals surface area contributed by atoms with E-state index in [2.05, 4.69) is 0 Å². The van der Waals surface area contributed by atoms with E-state index in [0.29, 0.717) is 24.5 Å². The summed E-state index contributed by atoms with van der Waals surface area (Å²) in [6.45, 7) is 0.289. The maximum Gasteiger partial charge on any atom is 0.325 e. The number of ether oxygens (including phenoxy) is 3. The van der Waals surface area contributed by atoms with Gasteiger partial charge in [-0.2, -0.15) is 0 Å². The topological polar surface area (TPSA) is 65.1 Å². The lowest BCUT2D eigenvalue weighted by molar-refractivity contribution is -0.147. The van der Waals surface area contributed by atoms with Gasteiger partial charge in [-0.05, 0) is 29.7 Å².